The fraction of sp³-hybridized carbons (Fsp3) is 0.0952. The maximum atomic E-state index is 13.3. The molecule has 32 heavy (non-hydrogen) atoms. The average molecular weight is 547 g/mol. The Morgan fingerprint density at radius 3 is 1.75 bits per heavy atom. The van der Waals surface area contributed by atoms with Gasteiger partial charge < -0.3 is 0 Å². The van der Waals surface area contributed by atoms with Crippen molar-refractivity contribution in [3.8, 4) is 0 Å². The topological polar surface area (TPSA) is 57.7 Å². The molecular weight excluding hydrogens is 538 g/mol. The summed E-state index contributed by atoms with van der Waals surface area (Å²) in [7, 11) is 0. The summed E-state index contributed by atoms with van der Waals surface area (Å²) < 4.78 is 0. The summed E-state index contributed by atoms with van der Waals surface area (Å²) in [5.74, 6) is -1.91. The highest BCUT2D eigenvalue weighted by atomic mass is 35.5. The molecule has 3 aromatic rings. The second-order valence-corrected chi connectivity index (χ2v) is 10.0. The molecular formula is C21H9Cl5N2O3S. The van der Waals surface area contributed by atoms with E-state index in [0.29, 0.717) is 10.7 Å². The van der Waals surface area contributed by atoms with Gasteiger partial charge in [0.1, 0.15) is 12.1 Å². The van der Waals surface area contributed by atoms with E-state index in [1.807, 2.05) is 17.5 Å². The molecule has 0 aliphatic carbocycles. The average Bonchev–Trinajstić information content (AvgIpc) is 3.38. The van der Waals surface area contributed by atoms with Gasteiger partial charge in [-0.2, -0.15) is 0 Å². The normalized spacial score (nSPS) is 20.1. The van der Waals surface area contributed by atoms with Crippen molar-refractivity contribution in [3.63, 3.8) is 0 Å². The lowest BCUT2D eigenvalue weighted by molar-refractivity contribution is -0.130. The number of carbonyl (C=O) groups excluding carboxylic acids is 3. The van der Waals surface area contributed by atoms with Crippen molar-refractivity contribution in [2.24, 2.45) is 0 Å². The molecule has 1 saturated heterocycles. The Morgan fingerprint density at radius 1 is 0.688 bits per heavy atom. The fourth-order valence-electron chi connectivity index (χ4n) is 3.98. The third-order valence-corrected chi connectivity index (χ3v) is 8.41. The van der Waals surface area contributed by atoms with Crippen molar-refractivity contribution in [2.45, 2.75) is 12.1 Å². The van der Waals surface area contributed by atoms with Crippen LogP contribution in [0, 0.1) is 0 Å². The van der Waals surface area contributed by atoms with Crippen molar-refractivity contribution < 1.29 is 14.4 Å². The standard InChI is InChI=1S/C21H9Cl5N2O3S/c22-8-3-5-9(6-4-8)27-17(10-2-1-7-32-10)18(21(27)31)28-19(29)11-12(20(28)30)14(24)16(26)15(25)13(11)23/h1-7,17-18H/t17-,18-/m1/s1. The molecule has 162 valence electrons. The summed E-state index contributed by atoms with van der Waals surface area (Å²) in [6.07, 6.45) is 0. The number of benzene rings is 2. The molecule has 0 N–H and O–H groups in total. The highest BCUT2D eigenvalue weighted by Gasteiger charge is 2.58. The number of fused-ring (bicyclic) bond motifs is 1. The molecule has 5 nitrogen and oxygen atoms in total. The quantitative estimate of drug-likeness (QED) is 0.158. The summed E-state index contributed by atoms with van der Waals surface area (Å²) in [5.41, 5.74) is 0.283. The minimum absolute atomic E-state index is 0.127. The Hall–Kier alpha value is -1.80. The van der Waals surface area contributed by atoms with Gasteiger partial charge in [0.25, 0.3) is 17.7 Å². The van der Waals surface area contributed by atoms with Gasteiger partial charge in [0.15, 0.2) is 0 Å². The third-order valence-electron chi connectivity index (χ3n) is 5.42. The molecule has 3 amide bonds. The highest BCUT2D eigenvalue weighted by Crippen LogP contribution is 2.49. The summed E-state index contributed by atoms with van der Waals surface area (Å²) in [6.45, 7) is 0. The van der Waals surface area contributed by atoms with Gasteiger partial charge >= 0.3 is 0 Å². The summed E-state index contributed by atoms with van der Waals surface area (Å²) >= 11 is 32.1. The first-order valence-corrected chi connectivity index (χ1v) is 11.9. The summed E-state index contributed by atoms with van der Waals surface area (Å²) in [4.78, 5) is 43.1. The number of nitrogens with zero attached hydrogens (tertiary/aromatic N) is 2. The maximum absolute atomic E-state index is 13.3. The molecule has 2 aliphatic heterocycles. The number of thiophene rings is 1. The summed E-state index contributed by atoms with van der Waals surface area (Å²) in [6, 6.07) is 8.72. The van der Waals surface area contributed by atoms with Crippen LogP contribution in [-0.4, -0.2) is 28.7 Å². The monoisotopic (exact) mass is 544 g/mol. The van der Waals surface area contributed by atoms with Crippen LogP contribution in [0.5, 0.6) is 0 Å². The Labute approximate surface area is 211 Å². The molecule has 3 heterocycles. The molecule has 0 bridgehead atoms. The minimum Gasteiger partial charge on any atom is -0.300 e. The van der Waals surface area contributed by atoms with Crippen LogP contribution < -0.4 is 4.90 Å². The Kier molecular flexibility index (Phi) is 5.44. The van der Waals surface area contributed by atoms with Crippen molar-refractivity contribution in [3.05, 3.63) is 82.9 Å². The van der Waals surface area contributed by atoms with E-state index in [-0.39, 0.29) is 31.2 Å². The summed E-state index contributed by atoms with van der Waals surface area (Å²) in [5, 5.41) is 1.77. The first-order valence-electron chi connectivity index (χ1n) is 9.10. The van der Waals surface area contributed by atoms with E-state index in [1.165, 1.54) is 16.2 Å². The first-order chi connectivity index (χ1) is 15.2. The predicted molar refractivity (Wildman–Crippen MR) is 127 cm³/mol. The molecule has 11 heteroatoms. The number of rotatable bonds is 3. The van der Waals surface area contributed by atoms with Gasteiger partial charge in [0, 0.05) is 15.6 Å². The third kappa shape index (κ3) is 3.01. The van der Waals surface area contributed by atoms with Gasteiger partial charge in [0.05, 0.1) is 31.2 Å². The van der Waals surface area contributed by atoms with Crippen LogP contribution in [0.1, 0.15) is 31.6 Å². The van der Waals surface area contributed by atoms with Gasteiger partial charge in [-0.15, -0.1) is 11.3 Å². The molecule has 0 radical (unpaired) electrons. The van der Waals surface area contributed by atoms with E-state index in [2.05, 4.69) is 0 Å². The van der Waals surface area contributed by atoms with Crippen molar-refractivity contribution in [2.75, 3.05) is 4.90 Å². The lowest BCUT2D eigenvalue weighted by Crippen LogP contribution is -2.67. The van der Waals surface area contributed by atoms with Crippen LogP contribution in [-0.2, 0) is 4.79 Å². The zero-order valence-electron chi connectivity index (χ0n) is 15.6. The van der Waals surface area contributed by atoms with E-state index in [4.69, 9.17) is 58.0 Å². The minimum atomic E-state index is -1.08. The number of anilines is 1. The lowest BCUT2D eigenvalue weighted by atomic mass is 9.90. The van der Waals surface area contributed by atoms with Crippen molar-refractivity contribution in [1.29, 1.82) is 0 Å². The lowest BCUT2D eigenvalue weighted by Gasteiger charge is -2.49. The van der Waals surface area contributed by atoms with Crippen LogP contribution in [0.2, 0.25) is 25.1 Å². The highest BCUT2D eigenvalue weighted by molar-refractivity contribution is 7.10. The van der Waals surface area contributed by atoms with Gasteiger partial charge in [-0.3, -0.25) is 24.2 Å². The number of amides is 3. The van der Waals surface area contributed by atoms with Crippen LogP contribution >= 0.6 is 69.3 Å². The number of imide groups is 1. The van der Waals surface area contributed by atoms with Crippen LogP contribution in [0.25, 0.3) is 0 Å². The molecule has 0 spiro atoms. The zero-order valence-corrected chi connectivity index (χ0v) is 20.2. The van der Waals surface area contributed by atoms with E-state index < -0.39 is 29.8 Å². The van der Waals surface area contributed by atoms with Gasteiger partial charge in [-0.05, 0) is 35.7 Å². The molecule has 0 saturated carbocycles. The number of carbonyl (C=O) groups is 3. The van der Waals surface area contributed by atoms with Crippen LogP contribution in [0.15, 0.2) is 41.8 Å². The van der Waals surface area contributed by atoms with Crippen LogP contribution in [0.4, 0.5) is 5.69 Å². The number of halogens is 5. The number of hydrogen-bond acceptors (Lipinski definition) is 4. The Morgan fingerprint density at radius 2 is 1.25 bits per heavy atom. The molecule has 2 aromatic carbocycles. The molecule has 2 aliphatic rings. The Bertz CT molecular complexity index is 1260. The van der Waals surface area contributed by atoms with E-state index in [9.17, 15) is 14.4 Å². The van der Waals surface area contributed by atoms with E-state index >= 15 is 0 Å². The predicted octanol–water partition coefficient (Wildman–Crippen LogP) is 6.77. The van der Waals surface area contributed by atoms with Crippen LogP contribution in [0.3, 0.4) is 0 Å². The van der Waals surface area contributed by atoms with E-state index in [1.54, 1.807) is 24.3 Å². The molecule has 0 unspecified atom stereocenters. The molecule has 5 rings (SSSR count). The second-order valence-electron chi connectivity index (χ2n) is 7.08. The zero-order chi connectivity index (χ0) is 22.9. The van der Waals surface area contributed by atoms with Gasteiger partial charge in [-0.1, -0.05) is 64.1 Å². The number of hydrogen-bond donors (Lipinski definition) is 0. The second kappa shape index (κ2) is 7.90. The SMILES string of the molecule is O=C1c2c(Cl)c(Cl)c(Cl)c(Cl)c2C(=O)N1[C@H]1C(=O)N(c2ccc(Cl)cc2)[C@@H]1c1cccs1. The molecule has 1 fully saturated rings. The fourth-order valence-corrected chi connectivity index (χ4v) is 5.96. The number of β-lactam (4-membered cyclic amide) rings is 1. The maximum Gasteiger partial charge on any atom is 0.264 e. The largest absolute Gasteiger partial charge is 0.300 e. The molecule has 1 aromatic heterocycles. The molecule has 2 atom stereocenters. The van der Waals surface area contributed by atoms with Crippen molar-refractivity contribution >= 4 is 92.8 Å². The van der Waals surface area contributed by atoms with Gasteiger partial charge in [0.2, 0.25) is 0 Å². The first kappa shape index (κ1) is 22.0. The Balaban J connectivity index is 1.61. The van der Waals surface area contributed by atoms with Crippen molar-refractivity contribution in [1.82, 2.24) is 4.90 Å². The smallest absolute Gasteiger partial charge is 0.264 e. The van der Waals surface area contributed by atoms with Gasteiger partial charge in [-0.25, -0.2) is 0 Å². The van der Waals surface area contributed by atoms with E-state index in [0.717, 1.165) is 9.78 Å².